The highest BCUT2D eigenvalue weighted by atomic mass is 16.2. The van der Waals surface area contributed by atoms with Crippen LogP contribution in [0.15, 0.2) is 24.3 Å². The Morgan fingerprint density at radius 1 is 1.37 bits per heavy atom. The van der Waals surface area contributed by atoms with Gasteiger partial charge in [-0.3, -0.25) is 4.79 Å². The summed E-state index contributed by atoms with van der Waals surface area (Å²) < 4.78 is 0. The molecule has 3 heteroatoms. The molecule has 0 aromatic heterocycles. The van der Waals surface area contributed by atoms with Crippen molar-refractivity contribution < 1.29 is 4.79 Å². The lowest BCUT2D eigenvalue weighted by Crippen LogP contribution is -2.36. The SMILES string of the molecule is CCCC(N)CC(=O)N1CCCCc2ccccc21. The molecule has 3 nitrogen and oxygen atoms in total. The summed E-state index contributed by atoms with van der Waals surface area (Å²) in [6.45, 7) is 2.93. The van der Waals surface area contributed by atoms with Crippen molar-refractivity contribution >= 4 is 11.6 Å². The molecule has 1 aromatic carbocycles. The fraction of sp³-hybridized carbons (Fsp3) is 0.562. The summed E-state index contributed by atoms with van der Waals surface area (Å²) in [6, 6.07) is 8.25. The van der Waals surface area contributed by atoms with E-state index in [0.29, 0.717) is 6.42 Å². The van der Waals surface area contributed by atoms with Gasteiger partial charge in [-0.05, 0) is 37.3 Å². The number of para-hydroxylation sites is 1. The van der Waals surface area contributed by atoms with Crippen LogP contribution < -0.4 is 10.6 Å². The summed E-state index contributed by atoms with van der Waals surface area (Å²) >= 11 is 0. The Kier molecular flexibility index (Phi) is 4.97. The maximum Gasteiger partial charge on any atom is 0.228 e. The van der Waals surface area contributed by atoms with Crippen molar-refractivity contribution in [3.8, 4) is 0 Å². The largest absolute Gasteiger partial charge is 0.327 e. The number of aryl methyl sites for hydroxylation is 1. The molecular formula is C16H24N2O. The molecule has 2 N–H and O–H groups in total. The van der Waals surface area contributed by atoms with Crippen molar-refractivity contribution in [2.45, 2.75) is 51.5 Å². The minimum Gasteiger partial charge on any atom is -0.327 e. The van der Waals surface area contributed by atoms with Crippen LogP contribution in [0.1, 0.15) is 44.6 Å². The van der Waals surface area contributed by atoms with Gasteiger partial charge >= 0.3 is 0 Å². The van der Waals surface area contributed by atoms with E-state index in [2.05, 4.69) is 25.1 Å². The van der Waals surface area contributed by atoms with Gasteiger partial charge in [-0.1, -0.05) is 31.5 Å². The average molecular weight is 260 g/mol. The van der Waals surface area contributed by atoms with Crippen LogP contribution in [0.2, 0.25) is 0 Å². The average Bonchev–Trinajstić information content (AvgIpc) is 2.61. The third kappa shape index (κ3) is 3.57. The van der Waals surface area contributed by atoms with Gasteiger partial charge in [-0.2, -0.15) is 0 Å². The third-order valence-electron chi connectivity index (χ3n) is 3.76. The number of benzene rings is 1. The van der Waals surface area contributed by atoms with Crippen molar-refractivity contribution in [3.63, 3.8) is 0 Å². The molecule has 0 spiro atoms. The van der Waals surface area contributed by atoms with Crippen LogP contribution in [0.3, 0.4) is 0 Å². The minimum absolute atomic E-state index is 0.00656. The van der Waals surface area contributed by atoms with Gasteiger partial charge in [-0.15, -0.1) is 0 Å². The zero-order valence-corrected chi connectivity index (χ0v) is 11.8. The fourth-order valence-electron chi connectivity index (χ4n) is 2.76. The quantitative estimate of drug-likeness (QED) is 0.904. The number of carbonyl (C=O) groups excluding carboxylic acids is 1. The normalized spacial score (nSPS) is 16.6. The van der Waals surface area contributed by atoms with Gasteiger partial charge in [0.15, 0.2) is 0 Å². The Labute approximate surface area is 115 Å². The Hall–Kier alpha value is -1.35. The molecule has 1 amide bonds. The van der Waals surface area contributed by atoms with Crippen LogP contribution in [0, 0.1) is 0 Å². The number of anilines is 1. The summed E-state index contributed by atoms with van der Waals surface area (Å²) in [4.78, 5) is 14.4. The van der Waals surface area contributed by atoms with Crippen LogP contribution in [0.5, 0.6) is 0 Å². The highest BCUT2D eigenvalue weighted by molar-refractivity contribution is 5.94. The molecule has 0 aliphatic carbocycles. The second kappa shape index (κ2) is 6.71. The van der Waals surface area contributed by atoms with Crippen molar-refractivity contribution in [3.05, 3.63) is 29.8 Å². The topological polar surface area (TPSA) is 46.3 Å². The molecule has 0 fully saturated rings. The van der Waals surface area contributed by atoms with E-state index in [1.54, 1.807) is 0 Å². The molecule has 0 saturated heterocycles. The van der Waals surface area contributed by atoms with E-state index in [1.165, 1.54) is 5.56 Å². The Morgan fingerprint density at radius 2 is 2.16 bits per heavy atom. The van der Waals surface area contributed by atoms with Crippen molar-refractivity contribution in [1.82, 2.24) is 0 Å². The lowest BCUT2D eigenvalue weighted by atomic mass is 10.1. The number of carbonyl (C=O) groups is 1. The summed E-state index contributed by atoms with van der Waals surface area (Å²) in [5, 5.41) is 0. The first-order chi connectivity index (χ1) is 9.22. The van der Waals surface area contributed by atoms with Gasteiger partial charge in [0.2, 0.25) is 5.91 Å². The van der Waals surface area contributed by atoms with E-state index in [1.807, 2.05) is 11.0 Å². The number of fused-ring (bicyclic) bond motifs is 1. The molecule has 2 rings (SSSR count). The van der Waals surface area contributed by atoms with Crippen LogP contribution in [0.4, 0.5) is 5.69 Å². The zero-order chi connectivity index (χ0) is 13.7. The van der Waals surface area contributed by atoms with Crippen LogP contribution in [-0.2, 0) is 11.2 Å². The summed E-state index contributed by atoms with van der Waals surface area (Å²) in [5.41, 5.74) is 8.38. The van der Waals surface area contributed by atoms with Gasteiger partial charge in [0.25, 0.3) is 0 Å². The molecule has 104 valence electrons. The van der Waals surface area contributed by atoms with E-state index in [-0.39, 0.29) is 11.9 Å². The molecule has 1 aliphatic rings. The van der Waals surface area contributed by atoms with Gasteiger partial charge in [0.1, 0.15) is 0 Å². The monoisotopic (exact) mass is 260 g/mol. The van der Waals surface area contributed by atoms with Crippen molar-refractivity contribution in [1.29, 1.82) is 0 Å². The van der Waals surface area contributed by atoms with Crippen molar-refractivity contribution in [2.24, 2.45) is 5.73 Å². The standard InChI is InChI=1S/C16H24N2O/c1-2-7-14(17)12-16(19)18-11-6-5-9-13-8-3-4-10-15(13)18/h3-4,8,10,14H,2,5-7,9,11-12,17H2,1H3. The summed E-state index contributed by atoms with van der Waals surface area (Å²) in [6.07, 6.45) is 5.71. The Bertz CT molecular complexity index is 431. The van der Waals surface area contributed by atoms with Gasteiger partial charge in [-0.25, -0.2) is 0 Å². The molecule has 0 saturated carbocycles. The highest BCUT2D eigenvalue weighted by Gasteiger charge is 2.22. The first-order valence-electron chi connectivity index (χ1n) is 7.36. The molecule has 0 radical (unpaired) electrons. The Balaban J connectivity index is 2.13. The predicted molar refractivity (Wildman–Crippen MR) is 79.2 cm³/mol. The molecule has 1 aliphatic heterocycles. The number of hydrogen-bond donors (Lipinski definition) is 1. The first-order valence-corrected chi connectivity index (χ1v) is 7.36. The van der Waals surface area contributed by atoms with Gasteiger partial charge in [0.05, 0.1) is 0 Å². The van der Waals surface area contributed by atoms with E-state index < -0.39 is 0 Å². The molecule has 19 heavy (non-hydrogen) atoms. The summed E-state index contributed by atoms with van der Waals surface area (Å²) in [7, 11) is 0. The Morgan fingerprint density at radius 3 is 2.95 bits per heavy atom. The second-order valence-electron chi connectivity index (χ2n) is 5.38. The van der Waals surface area contributed by atoms with Crippen LogP contribution in [-0.4, -0.2) is 18.5 Å². The van der Waals surface area contributed by atoms with Gasteiger partial charge < -0.3 is 10.6 Å². The lowest BCUT2D eigenvalue weighted by molar-refractivity contribution is -0.119. The maximum atomic E-state index is 12.4. The first kappa shape index (κ1) is 14.1. The maximum absolute atomic E-state index is 12.4. The number of nitrogens with zero attached hydrogens (tertiary/aromatic N) is 1. The van der Waals surface area contributed by atoms with E-state index in [9.17, 15) is 4.79 Å². The van der Waals surface area contributed by atoms with Crippen LogP contribution >= 0.6 is 0 Å². The van der Waals surface area contributed by atoms with Crippen molar-refractivity contribution in [2.75, 3.05) is 11.4 Å². The fourth-order valence-corrected chi connectivity index (χ4v) is 2.76. The van der Waals surface area contributed by atoms with E-state index in [4.69, 9.17) is 5.73 Å². The van der Waals surface area contributed by atoms with E-state index >= 15 is 0 Å². The number of nitrogens with two attached hydrogens (primary N) is 1. The third-order valence-corrected chi connectivity index (χ3v) is 3.76. The van der Waals surface area contributed by atoms with Crippen LogP contribution in [0.25, 0.3) is 0 Å². The zero-order valence-electron chi connectivity index (χ0n) is 11.8. The minimum atomic E-state index is -0.00656. The molecule has 1 unspecified atom stereocenters. The summed E-state index contributed by atoms with van der Waals surface area (Å²) in [5.74, 6) is 0.176. The van der Waals surface area contributed by atoms with Gasteiger partial charge in [0, 0.05) is 24.7 Å². The molecule has 1 heterocycles. The smallest absolute Gasteiger partial charge is 0.228 e. The molecular weight excluding hydrogens is 236 g/mol. The molecule has 1 aromatic rings. The number of rotatable bonds is 4. The highest BCUT2D eigenvalue weighted by Crippen LogP contribution is 2.26. The molecule has 0 bridgehead atoms. The number of hydrogen-bond acceptors (Lipinski definition) is 2. The lowest BCUT2D eigenvalue weighted by Gasteiger charge is -2.24. The second-order valence-corrected chi connectivity index (χ2v) is 5.38. The predicted octanol–water partition coefficient (Wildman–Crippen LogP) is 2.87. The van der Waals surface area contributed by atoms with E-state index in [0.717, 1.165) is 44.3 Å². The molecule has 1 atom stereocenters. The number of amides is 1.